The minimum atomic E-state index is -4.32. The Morgan fingerprint density at radius 3 is 2.60 bits per heavy atom. The van der Waals surface area contributed by atoms with E-state index in [0.29, 0.717) is 16.9 Å². The number of rotatable bonds is 0. The van der Waals surface area contributed by atoms with Crippen LogP contribution in [-0.2, 0) is 0 Å². The second kappa shape index (κ2) is 3.41. The molecular weight excluding hydrogens is 205 g/mol. The fraction of sp³-hybridized carbons (Fsp3) is 0.400. The fourth-order valence-electron chi connectivity index (χ4n) is 1.85. The van der Waals surface area contributed by atoms with E-state index in [1.54, 1.807) is 18.2 Å². The predicted molar refractivity (Wildman–Crippen MR) is 51.4 cm³/mol. The molecular formula is C10H11F3N2. The quantitative estimate of drug-likeness (QED) is 0.675. The highest BCUT2D eigenvalue weighted by Crippen LogP contribution is 2.38. The molecule has 0 radical (unpaired) electrons. The van der Waals surface area contributed by atoms with Gasteiger partial charge in [0, 0.05) is 18.3 Å². The van der Waals surface area contributed by atoms with E-state index in [-0.39, 0.29) is 18.3 Å². The zero-order chi connectivity index (χ0) is 11.1. The number of halogens is 3. The molecule has 0 aromatic heterocycles. The highest BCUT2D eigenvalue weighted by Gasteiger charge is 2.40. The molecule has 82 valence electrons. The van der Waals surface area contributed by atoms with Gasteiger partial charge in [-0.05, 0) is 18.1 Å². The van der Waals surface area contributed by atoms with E-state index in [1.807, 2.05) is 0 Å². The van der Waals surface area contributed by atoms with Gasteiger partial charge in [-0.1, -0.05) is 18.2 Å². The SMILES string of the molecule is NC1CCN(C(F)(F)F)c2ccccc21. The number of para-hydroxylation sites is 1. The first-order chi connectivity index (χ1) is 7.00. The summed E-state index contributed by atoms with van der Waals surface area (Å²) in [6.45, 7) is -0.0678. The molecule has 1 heterocycles. The second-order valence-corrected chi connectivity index (χ2v) is 3.57. The summed E-state index contributed by atoms with van der Waals surface area (Å²) in [6, 6.07) is 6.12. The molecule has 2 nitrogen and oxygen atoms in total. The minimum absolute atomic E-state index is 0.0678. The number of nitrogens with zero attached hydrogens (tertiary/aromatic N) is 1. The zero-order valence-electron chi connectivity index (χ0n) is 7.96. The molecule has 1 atom stereocenters. The number of fused-ring (bicyclic) bond motifs is 1. The van der Waals surface area contributed by atoms with E-state index in [9.17, 15) is 13.2 Å². The average Bonchev–Trinajstić information content (AvgIpc) is 2.17. The normalized spacial score (nSPS) is 21.3. The maximum Gasteiger partial charge on any atom is 0.484 e. The topological polar surface area (TPSA) is 29.3 Å². The van der Waals surface area contributed by atoms with Crippen molar-refractivity contribution in [1.29, 1.82) is 0 Å². The standard InChI is InChI=1S/C10H11F3N2/c11-10(12,13)15-6-5-8(14)7-3-1-2-4-9(7)15/h1-4,8H,5-6,14H2. The van der Waals surface area contributed by atoms with Crippen LogP contribution in [-0.4, -0.2) is 12.8 Å². The molecule has 15 heavy (non-hydrogen) atoms. The first kappa shape index (κ1) is 10.3. The van der Waals surface area contributed by atoms with Crippen molar-refractivity contribution in [3.05, 3.63) is 29.8 Å². The van der Waals surface area contributed by atoms with Crippen molar-refractivity contribution in [2.45, 2.75) is 18.8 Å². The smallest absolute Gasteiger partial charge is 0.324 e. The van der Waals surface area contributed by atoms with E-state index in [2.05, 4.69) is 0 Å². The number of nitrogens with two attached hydrogens (primary N) is 1. The summed E-state index contributed by atoms with van der Waals surface area (Å²) >= 11 is 0. The lowest BCUT2D eigenvalue weighted by Crippen LogP contribution is -2.43. The summed E-state index contributed by atoms with van der Waals surface area (Å²) in [5.41, 5.74) is 6.51. The van der Waals surface area contributed by atoms with Gasteiger partial charge in [-0.2, -0.15) is 13.2 Å². The van der Waals surface area contributed by atoms with Crippen LogP contribution in [0.1, 0.15) is 18.0 Å². The first-order valence-electron chi connectivity index (χ1n) is 4.69. The van der Waals surface area contributed by atoms with E-state index in [0.717, 1.165) is 0 Å². The van der Waals surface area contributed by atoms with Gasteiger partial charge in [0.05, 0.1) is 0 Å². The van der Waals surface area contributed by atoms with E-state index >= 15 is 0 Å². The van der Waals surface area contributed by atoms with Crippen LogP contribution in [0.2, 0.25) is 0 Å². The number of alkyl halides is 3. The van der Waals surface area contributed by atoms with Gasteiger partial charge in [0.1, 0.15) is 0 Å². The first-order valence-corrected chi connectivity index (χ1v) is 4.69. The highest BCUT2D eigenvalue weighted by atomic mass is 19.4. The molecule has 1 aliphatic heterocycles. The van der Waals surface area contributed by atoms with Crippen molar-refractivity contribution in [3.8, 4) is 0 Å². The van der Waals surface area contributed by atoms with Crippen LogP contribution in [0.25, 0.3) is 0 Å². The van der Waals surface area contributed by atoms with Crippen molar-refractivity contribution in [2.75, 3.05) is 11.4 Å². The third kappa shape index (κ3) is 1.79. The van der Waals surface area contributed by atoms with E-state index in [4.69, 9.17) is 5.73 Å². The zero-order valence-corrected chi connectivity index (χ0v) is 7.96. The number of benzene rings is 1. The van der Waals surface area contributed by atoms with Gasteiger partial charge in [-0.3, -0.25) is 4.90 Å². The number of anilines is 1. The van der Waals surface area contributed by atoms with Gasteiger partial charge in [-0.15, -0.1) is 0 Å². The summed E-state index contributed by atoms with van der Waals surface area (Å²) in [5.74, 6) is 0. The Morgan fingerprint density at radius 2 is 1.93 bits per heavy atom. The second-order valence-electron chi connectivity index (χ2n) is 3.57. The molecule has 0 saturated heterocycles. The molecule has 0 aliphatic carbocycles. The fourth-order valence-corrected chi connectivity index (χ4v) is 1.85. The van der Waals surface area contributed by atoms with Gasteiger partial charge < -0.3 is 5.73 Å². The molecule has 0 bridgehead atoms. The molecule has 0 amide bonds. The van der Waals surface area contributed by atoms with Crippen LogP contribution in [0, 0.1) is 0 Å². The van der Waals surface area contributed by atoms with Crippen LogP contribution in [0.5, 0.6) is 0 Å². The van der Waals surface area contributed by atoms with Crippen molar-refractivity contribution in [1.82, 2.24) is 0 Å². The molecule has 0 spiro atoms. The molecule has 2 N–H and O–H groups in total. The molecule has 2 rings (SSSR count). The van der Waals surface area contributed by atoms with Crippen molar-refractivity contribution >= 4 is 5.69 Å². The summed E-state index contributed by atoms with van der Waals surface area (Å²) in [4.78, 5) is 0.450. The third-order valence-electron chi connectivity index (χ3n) is 2.60. The monoisotopic (exact) mass is 216 g/mol. The van der Waals surface area contributed by atoms with E-state index in [1.165, 1.54) is 6.07 Å². The highest BCUT2D eigenvalue weighted by molar-refractivity contribution is 5.57. The van der Waals surface area contributed by atoms with Crippen molar-refractivity contribution in [3.63, 3.8) is 0 Å². The van der Waals surface area contributed by atoms with Crippen LogP contribution in [0.4, 0.5) is 18.9 Å². The van der Waals surface area contributed by atoms with E-state index < -0.39 is 6.30 Å². The number of hydrogen-bond donors (Lipinski definition) is 1. The van der Waals surface area contributed by atoms with Crippen LogP contribution in [0.15, 0.2) is 24.3 Å². The predicted octanol–water partition coefficient (Wildman–Crippen LogP) is 2.42. The summed E-state index contributed by atoms with van der Waals surface area (Å²) in [6.07, 6.45) is -3.99. The van der Waals surface area contributed by atoms with Crippen LogP contribution in [0.3, 0.4) is 0 Å². The van der Waals surface area contributed by atoms with Gasteiger partial charge in [0.15, 0.2) is 0 Å². The van der Waals surface area contributed by atoms with Crippen molar-refractivity contribution in [2.24, 2.45) is 5.73 Å². The lowest BCUT2D eigenvalue weighted by molar-refractivity contribution is -0.130. The maximum atomic E-state index is 12.6. The van der Waals surface area contributed by atoms with Gasteiger partial charge in [0.25, 0.3) is 0 Å². The Morgan fingerprint density at radius 1 is 1.27 bits per heavy atom. The maximum absolute atomic E-state index is 12.6. The molecule has 1 aromatic rings. The molecule has 1 aromatic carbocycles. The Bertz CT molecular complexity index is 362. The van der Waals surface area contributed by atoms with Gasteiger partial charge >= 0.3 is 6.30 Å². The lowest BCUT2D eigenvalue weighted by atomic mass is 9.97. The Labute approximate surface area is 85.5 Å². The molecule has 5 heteroatoms. The Balaban J connectivity index is 2.45. The summed E-state index contributed by atoms with van der Waals surface area (Å²) in [5, 5.41) is 0. The summed E-state index contributed by atoms with van der Waals surface area (Å²) in [7, 11) is 0. The lowest BCUT2D eigenvalue weighted by Gasteiger charge is -2.35. The van der Waals surface area contributed by atoms with Crippen molar-refractivity contribution < 1.29 is 13.2 Å². The third-order valence-corrected chi connectivity index (χ3v) is 2.60. The van der Waals surface area contributed by atoms with Crippen LogP contribution < -0.4 is 10.6 Å². The van der Waals surface area contributed by atoms with Gasteiger partial charge in [-0.25, -0.2) is 0 Å². The Kier molecular flexibility index (Phi) is 2.34. The summed E-state index contributed by atoms with van der Waals surface area (Å²) < 4.78 is 37.9. The molecule has 0 saturated carbocycles. The molecule has 0 fully saturated rings. The number of hydrogen-bond acceptors (Lipinski definition) is 2. The minimum Gasteiger partial charge on any atom is -0.324 e. The average molecular weight is 216 g/mol. The molecule has 1 aliphatic rings. The Hall–Kier alpha value is -1.23. The van der Waals surface area contributed by atoms with Gasteiger partial charge in [0.2, 0.25) is 0 Å². The molecule has 1 unspecified atom stereocenters. The largest absolute Gasteiger partial charge is 0.484 e. The van der Waals surface area contributed by atoms with Crippen LogP contribution >= 0.6 is 0 Å².